The number of carbonyl (C=O) groups excluding carboxylic acids is 1. The average molecular weight is 242 g/mol. The smallest absolute Gasteiger partial charge is 0.409 e. The number of hydrogen-bond acceptors (Lipinski definition) is 3. The lowest BCUT2D eigenvalue weighted by Crippen LogP contribution is -2.66. The number of methoxy groups -OCH3 is 1. The highest BCUT2D eigenvalue weighted by atomic mass is 16.5. The molecule has 17 heavy (non-hydrogen) atoms. The van der Waals surface area contributed by atoms with E-state index in [1.807, 2.05) is 7.05 Å². The van der Waals surface area contributed by atoms with E-state index in [-0.39, 0.29) is 23.2 Å². The van der Waals surface area contributed by atoms with Crippen LogP contribution < -0.4 is 5.32 Å². The Morgan fingerprint density at radius 3 is 2.35 bits per heavy atom. The highest BCUT2D eigenvalue weighted by Crippen LogP contribution is 2.35. The van der Waals surface area contributed by atoms with Crippen LogP contribution in [0.2, 0.25) is 0 Å². The second-order valence-corrected chi connectivity index (χ2v) is 6.37. The predicted octanol–water partition coefficient (Wildman–Crippen LogP) is 2.24. The first-order valence-electron chi connectivity index (χ1n) is 6.21. The van der Waals surface area contributed by atoms with E-state index in [4.69, 9.17) is 4.74 Å². The summed E-state index contributed by atoms with van der Waals surface area (Å²) in [6.07, 6.45) is 0.679. The Kier molecular flexibility index (Phi) is 3.77. The third kappa shape index (κ3) is 2.92. The van der Waals surface area contributed by atoms with Crippen LogP contribution in [0.5, 0.6) is 0 Å². The number of ether oxygens (including phenoxy) is 1. The fourth-order valence-electron chi connectivity index (χ4n) is 2.97. The summed E-state index contributed by atoms with van der Waals surface area (Å²) < 4.78 is 4.82. The molecule has 0 saturated carbocycles. The molecule has 0 aromatic rings. The van der Waals surface area contributed by atoms with Crippen LogP contribution in [0.1, 0.15) is 41.0 Å². The van der Waals surface area contributed by atoms with E-state index in [2.05, 4.69) is 39.9 Å². The molecule has 0 radical (unpaired) electrons. The normalized spacial score (nSPS) is 30.8. The molecule has 2 atom stereocenters. The molecule has 0 bridgehead atoms. The average Bonchev–Trinajstić information content (AvgIpc) is 2.19. The molecule has 1 aliphatic heterocycles. The molecule has 4 nitrogen and oxygen atoms in total. The first-order chi connectivity index (χ1) is 7.60. The van der Waals surface area contributed by atoms with Crippen molar-refractivity contribution >= 4 is 6.09 Å². The van der Waals surface area contributed by atoms with Crippen LogP contribution in [-0.4, -0.2) is 42.3 Å². The molecule has 0 aromatic heterocycles. The van der Waals surface area contributed by atoms with Gasteiger partial charge >= 0.3 is 6.09 Å². The number of carbonyl (C=O) groups is 1. The second kappa shape index (κ2) is 4.48. The minimum absolute atomic E-state index is 0.00863. The van der Waals surface area contributed by atoms with Crippen LogP contribution >= 0.6 is 0 Å². The van der Waals surface area contributed by atoms with Crippen molar-refractivity contribution in [2.75, 3.05) is 14.2 Å². The zero-order chi connectivity index (χ0) is 13.4. The van der Waals surface area contributed by atoms with Crippen molar-refractivity contribution in [2.45, 2.75) is 58.2 Å². The van der Waals surface area contributed by atoms with E-state index in [9.17, 15) is 4.79 Å². The Labute approximate surface area is 105 Å². The van der Waals surface area contributed by atoms with Gasteiger partial charge in [-0.1, -0.05) is 6.92 Å². The number of hydrogen-bond donors (Lipinski definition) is 1. The van der Waals surface area contributed by atoms with Crippen molar-refractivity contribution in [2.24, 2.45) is 5.92 Å². The SMILES string of the molecule is COC(=O)N(C)C1CC(C)(C)NC(C)(C)C1C. The fraction of sp³-hybridized carbons (Fsp3) is 0.923. The summed E-state index contributed by atoms with van der Waals surface area (Å²) in [6.45, 7) is 10.9. The fourth-order valence-corrected chi connectivity index (χ4v) is 2.97. The van der Waals surface area contributed by atoms with Gasteiger partial charge < -0.3 is 15.0 Å². The van der Waals surface area contributed by atoms with E-state index in [1.165, 1.54) is 7.11 Å². The molecule has 0 aromatic carbocycles. The lowest BCUT2D eigenvalue weighted by atomic mass is 9.72. The maximum absolute atomic E-state index is 11.7. The molecule has 1 rings (SSSR count). The van der Waals surface area contributed by atoms with Crippen molar-refractivity contribution < 1.29 is 9.53 Å². The van der Waals surface area contributed by atoms with Crippen LogP contribution in [0, 0.1) is 5.92 Å². The van der Waals surface area contributed by atoms with E-state index in [0.717, 1.165) is 6.42 Å². The van der Waals surface area contributed by atoms with E-state index >= 15 is 0 Å². The van der Waals surface area contributed by atoms with Gasteiger partial charge in [0.2, 0.25) is 0 Å². The van der Waals surface area contributed by atoms with Gasteiger partial charge in [-0.3, -0.25) is 0 Å². The highest BCUT2D eigenvalue weighted by Gasteiger charge is 2.45. The Bertz CT molecular complexity index is 300. The van der Waals surface area contributed by atoms with Crippen molar-refractivity contribution in [3.8, 4) is 0 Å². The van der Waals surface area contributed by atoms with Crippen LogP contribution in [0.3, 0.4) is 0 Å². The molecular weight excluding hydrogens is 216 g/mol. The predicted molar refractivity (Wildman–Crippen MR) is 69.0 cm³/mol. The van der Waals surface area contributed by atoms with Crippen molar-refractivity contribution in [3.63, 3.8) is 0 Å². The van der Waals surface area contributed by atoms with Gasteiger partial charge in [-0.25, -0.2) is 4.79 Å². The van der Waals surface area contributed by atoms with Gasteiger partial charge in [0.05, 0.1) is 7.11 Å². The van der Waals surface area contributed by atoms with Crippen LogP contribution in [0.4, 0.5) is 4.79 Å². The molecule has 1 saturated heterocycles. The van der Waals surface area contributed by atoms with E-state index < -0.39 is 0 Å². The number of nitrogens with zero attached hydrogens (tertiary/aromatic N) is 1. The molecular formula is C13H26N2O2. The summed E-state index contributed by atoms with van der Waals surface area (Å²) in [5.74, 6) is 0.375. The van der Waals surface area contributed by atoms with Gasteiger partial charge in [0, 0.05) is 24.2 Å². The maximum Gasteiger partial charge on any atom is 0.409 e. The minimum Gasteiger partial charge on any atom is -0.453 e. The zero-order valence-corrected chi connectivity index (χ0v) is 12.1. The van der Waals surface area contributed by atoms with Crippen LogP contribution in [-0.2, 0) is 4.74 Å². The molecule has 1 heterocycles. The summed E-state index contributed by atoms with van der Waals surface area (Å²) in [5.41, 5.74) is 0.0393. The molecule has 4 heteroatoms. The monoisotopic (exact) mass is 242 g/mol. The molecule has 2 unspecified atom stereocenters. The number of nitrogens with one attached hydrogen (secondary N) is 1. The Hall–Kier alpha value is -0.770. The van der Waals surface area contributed by atoms with Crippen molar-refractivity contribution in [3.05, 3.63) is 0 Å². The van der Waals surface area contributed by atoms with Gasteiger partial charge in [-0.2, -0.15) is 0 Å². The molecule has 1 fully saturated rings. The zero-order valence-electron chi connectivity index (χ0n) is 12.1. The molecule has 1 amide bonds. The topological polar surface area (TPSA) is 41.6 Å². The molecule has 1 N–H and O–H groups in total. The quantitative estimate of drug-likeness (QED) is 0.766. The van der Waals surface area contributed by atoms with Gasteiger partial charge in [0.25, 0.3) is 0 Å². The Balaban J connectivity index is 2.94. The Morgan fingerprint density at radius 1 is 1.35 bits per heavy atom. The summed E-state index contributed by atoms with van der Waals surface area (Å²) in [6, 6.07) is 0.202. The molecule has 0 spiro atoms. The molecule has 1 aliphatic rings. The first kappa shape index (κ1) is 14.3. The van der Waals surface area contributed by atoms with Gasteiger partial charge in [-0.15, -0.1) is 0 Å². The second-order valence-electron chi connectivity index (χ2n) is 6.37. The van der Waals surface area contributed by atoms with Gasteiger partial charge in [-0.05, 0) is 40.0 Å². The summed E-state index contributed by atoms with van der Waals surface area (Å²) in [4.78, 5) is 13.4. The summed E-state index contributed by atoms with van der Waals surface area (Å²) in [7, 11) is 3.26. The van der Waals surface area contributed by atoms with Crippen LogP contribution in [0.25, 0.3) is 0 Å². The van der Waals surface area contributed by atoms with E-state index in [0.29, 0.717) is 5.92 Å². The summed E-state index contributed by atoms with van der Waals surface area (Å²) in [5, 5.41) is 3.64. The van der Waals surface area contributed by atoms with Gasteiger partial charge in [0.15, 0.2) is 0 Å². The highest BCUT2D eigenvalue weighted by molar-refractivity contribution is 5.67. The van der Waals surface area contributed by atoms with Crippen LogP contribution in [0.15, 0.2) is 0 Å². The standard InChI is InChI=1S/C13H26N2O2/c1-9-10(15(6)11(16)17-7)8-12(2,3)14-13(9,4)5/h9-10,14H,8H2,1-7H3. The largest absolute Gasteiger partial charge is 0.453 e. The summed E-state index contributed by atoms with van der Waals surface area (Å²) >= 11 is 0. The van der Waals surface area contributed by atoms with E-state index in [1.54, 1.807) is 4.90 Å². The number of piperidine rings is 1. The third-order valence-corrected chi connectivity index (χ3v) is 4.06. The lowest BCUT2D eigenvalue weighted by Gasteiger charge is -2.52. The number of amides is 1. The number of rotatable bonds is 1. The first-order valence-corrected chi connectivity index (χ1v) is 6.21. The van der Waals surface area contributed by atoms with Crippen molar-refractivity contribution in [1.29, 1.82) is 0 Å². The van der Waals surface area contributed by atoms with Gasteiger partial charge in [0.1, 0.15) is 0 Å². The third-order valence-electron chi connectivity index (χ3n) is 4.06. The molecule has 0 aliphatic carbocycles. The minimum atomic E-state index is -0.254. The molecule has 100 valence electrons. The Morgan fingerprint density at radius 2 is 1.88 bits per heavy atom. The van der Waals surface area contributed by atoms with Crippen molar-refractivity contribution in [1.82, 2.24) is 10.2 Å². The lowest BCUT2D eigenvalue weighted by molar-refractivity contribution is 0.0256. The maximum atomic E-state index is 11.7.